The van der Waals surface area contributed by atoms with Crippen LogP contribution in [0.5, 0.6) is 0 Å². The van der Waals surface area contributed by atoms with Gasteiger partial charge in [0.2, 0.25) is 0 Å². The third kappa shape index (κ3) is 3.81. The maximum absolute atomic E-state index is 13.3. The molecule has 1 aliphatic rings. The van der Waals surface area contributed by atoms with Gasteiger partial charge in [0.05, 0.1) is 18.8 Å². The lowest BCUT2D eigenvalue weighted by Crippen LogP contribution is -2.31. The first-order chi connectivity index (χ1) is 12.5. The van der Waals surface area contributed by atoms with Crippen LogP contribution in [0.3, 0.4) is 0 Å². The van der Waals surface area contributed by atoms with Gasteiger partial charge in [-0.05, 0) is 30.5 Å². The number of hydrogen-bond donors (Lipinski definition) is 3. The summed E-state index contributed by atoms with van der Waals surface area (Å²) in [5.74, 6) is -0.584. The highest BCUT2D eigenvalue weighted by atomic mass is 19.1. The van der Waals surface area contributed by atoms with Gasteiger partial charge in [0.15, 0.2) is 0 Å². The van der Waals surface area contributed by atoms with Crippen LogP contribution in [0.1, 0.15) is 45.3 Å². The molecule has 3 N–H and O–H groups in total. The summed E-state index contributed by atoms with van der Waals surface area (Å²) in [7, 11) is 0. The second-order valence-corrected chi connectivity index (χ2v) is 6.26. The zero-order valence-corrected chi connectivity index (χ0v) is 14.3. The molecule has 0 spiro atoms. The number of aliphatic hydroxyl groups excluding tert-OH is 1. The number of aryl methyl sites for hydroxylation is 1. The van der Waals surface area contributed by atoms with Crippen molar-refractivity contribution in [1.29, 1.82) is 0 Å². The molecule has 0 bridgehead atoms. The van der Waals surface area contributed by atoms with Crippen LogP contribution in [0.25, 0.3) is 0 Å². The van der Waals surface area contributed by atoms with Crippen LogP contribution in [0, 0.1) is 12.7 Å². The zero-order valence-electron chi connectivity index (χ0n) is 14.3. The number of carbonyl (C=O) groups excluding carboxylic acids is 1. The Morgan fingerprint density at radius 3 is 2.96 bits per heavy atom. The fourth-order valence-corrected chi connectivity index (χ4v) is 2.88. The van der Waals surface area contributed by atoms with Crippen molar-refractivity contribution in [3.8, 4) is 0 Å². The number of nitrogens with zero attached hydrogens (tertiary/aromatic N) is 1. The smallest absolute Gasteiger partial charge is 0.270 e. The summed E-state index contributed by atoms with van der Waals surface area (Å²) in [5.41, 5.74) is 0.479. The van der Waals surface area contributed by atoms with Crippen molar-refractivity contribution < 1.29 is 19.0 Å². The molecule has 0 aliphatic carbocycles. The maximum atomic E-state index is 13.3. The highest BCUT2D eigenvalue weighted by molar-refractivity contribution is 5.93. The van der Waals surface area contributed by atoms with Gasteiger partial charge in [0, 0.05) is 19.1 Å². The Bertz CT molecular complexity index is 875. The first-order valence-corrected chi connectivity index (χ1v) is 8.34. The number of rotatable bonds is 5. The summed E-state index contributed by atoms with van der Waals surface area (Å²) in [4.78, 5) is 31.6. The Morgan fingerprint density at radius 1 is 1.50 bits per heavy atom. The van der Waals surface area contributed by atoms with Crippen molar-refractivity contribution in [3.05, 3.63) is 62.6 Å². The van der Waals surface area contributed by atoms with E-state index in [-0.39, 0.29) is 29.5 Å². The molecular weight excluding hydrogens is 341 g/mol. The molecule has 2 heterocycles. The Morgan fingerprint density at radius 2 is 2.31 bits per heavy atom. The van der Waals surface area contributed by atoms with Crippen LogP contribution >= 0.6 is 0 Å². The largest absolute Gasteiger partial charge is 0.391 e. The molecule has 1 fully saturated rings. The molecular formula is C18H20FN3O4. The number of H-pyrrole nitrogens is 1. The van der Waals surface area contributed by atoms with E-state index in [1.54, 1.807) is 19.1 Å². The van der Waals surface area contributed by atoms with Crippen LogP contribution in [0.4, 0.5) is 4.39 Å². The van der Waals surface area contributed by atoms with Crippen molar-refractivity contribution in [2.75, 3.05) is 13.2 Å². The number of halogens is 1. The Balaban J connectivity index is 1.82. The highest BCUT2D eigenvalue weighted by Gasteiger charge is 2.24. The minimum atomic E-state index is -0.595. The van der Waals surface area contributed by atoms with Crippen LogP contribution < -0.4 is 10.9 Å². The van der Waals surface area contributed by atoms with Crippen LogP contribution in [-0.2, 0) is 17.9 Å². The summed E-state index contributed by atoms with van der Waals surface area (Å²) in [5, 5.41) is 12.1. The van der Waals surface area contributed by atoms with E-state index in [2.05, 4.69) is 15.3 Å². The van der Waals surface area contributed by atoms with Gasteiger partial charge in [0.25, 0.3) is 11.5 Å². The van der Waals surface area contributed by atoms with E-state index in [1.165, 1.54) is 6.07 Å². The minimum Gasteiger partial charge on any atom is -0.391 e. The number of aromatic amines is 1. The van der Waals surface area contributed by atoms with Crippen LogP contribution in [0.15, 0.2) is 23.0 Å². The topological polar surface area (TPSA) is 104 Å². The average molecular weight is 361 g/mol. The Labute approximate surface area is 149 Å². The third-order valence-electron chi connectivity index (χ3n) is 4.40. The van der Waals surface area contributed by atoms with Crippen molar-refractivity contribution >= 4 is 5.91 Å². The SMILES string of the molecule is Cc1cc(CNC(=O)c2nc(C3CCOC3)[nH]c(=O)c2CO)ccc1F. The fraction of sp³-hybridized carbons (Fsp3) is 0.389. The third-order valence-corrected chi connectivity index (χ3v) is 4.40. The number of benzene rings is 1. The van der Waals surface area contributed by atoms with Gasteiger partial charge >= 0.3 is 0 Å². The Kier molecular flexibility index (Phi) is 5.43. The molecule has 1 aromatic carbocycles. The van der Waals surface area contributed by atoms with Crippen LogP contribution in [-0.4, -0.2) is 34.2 Å². The van der Waals surface area contributed by atoms with Gasteiger partial charge in [-0.15, -0.1) is 0 Å². The number of ether oxygens (including phenoxy) is 1. The van der Waals surface area contributed by atoms with E-state index in [0.29, 0.717) is 31.0 Å². The quantitative estimate of drug-likeness (QED) is 0.741. The lowest BCUT2D eigenvalue weighted by Gasteiger charge is -2.12. The molecule has 26 heavy (non-hydrogen) atoms. The molecule has 1 saturated heterocycles. The van der Waals surface area contributed by atoms with Crippen LogP contribution in [0.2, 0.25) is 0 Å². The lowest BCUT2D eigenvalue weighted by molar-refractivity contribution is 0.0941. The van der Waals surface area contributed by atoms with E-state index in [9.17, 15) is 19.1 Å². The van der Waals surface area contributed by atoms with E-state index in [1.807, 2.05) is 0 Å². The predicted molar refractivity (Wildman–Crippen MR) is 91.3 cm³/mol. The molecule has 0 radical (unpaired) electrons. The molecule has 2 aromatic rings. The Hall–Kier alpha value is -2.58. The molecule has 138 valence electrons. The molecule has 1 aromatic heterocycles. The summed E-state index contributed by atoms with van der Waals surface area (Å²) >= 11 is 0. The van der Waals surface area contributed by atoms with Gasteiger partial charge in [0.1, 0.15) is 17.3 Å². The molecule has 1 amide bonds. The number of aliphatic hydroxyl groups is 1. The van der Waals surface area contributed by atoms with Crippen molar-refractivity contribution in [2.45, 2.75) is 32.4 Å². The number of hydrogen-bond acceptors (Lipinski definition) is 5. The van der Waals surface area contributed by atoms with E-state index in [4.69, 9.17) is 4.74 Å². The first-order valence-electron chi connectivity index (χ1n) is 8.34. The van der Waals surface area contributed by atoms with Gasteiger partial charge in [-0.3, -0.25) is 9.59 Å². The van der Waals surface area contributed by atoms with Crippen molar-refractivity contribution in [1.82, 2.24) is 15.3 Å². The molecule has 1 aliphatic heterocycles. The standard InChI is InChI=1S/C18H20FN3O4/c1-10-6-11(2-3-14(10)19)7-20-18(25)15-13(8-23)17(24)22-16(21-15)12-4-5-26-9-12/h2-3,6,12,23H,4-5,7-9H2,1H3,(H,20,25)(H,21,22,24). The lowest BCUT2D eigenvalue weighted by atomic mass is 10.1. The second kappa shape index (κ2) is 7.76. The summed E-state index contributed by atoms with van der Waals surface area (Å²) < 4.78 is 18.6. The number of nitrogens with one attached hydrogen (secondary N) is 2. The minimum absolute atomic E-state index is 0.0817. The van der Waals surface area contributed by atoms with Crippen molar-refractivity contribution in [3.63, 3.8) is 0 Å². The van der Waals surface area contributed by atoms with Gasteiger partial charge in [-0.1, -0.05) is 12.1 Å². The second-order valence-electron chi connectivity index (χ2n) is 6.26. The molecule has 0 saturated carbocycles. The fourth-order valence-electron chi connectivity index (χ4n) is 2.88. The molecule has 8 heteroatoms. The van der Waals surface area contributed by atoms with E-state index in [0.717, 1.165) is 5.56 Å². The highest BCUT2D eigenvalue weighted by Crippen LogP contribution is 2.21. The monoisotopic (exact) mass is 361 g/mol. The molecule has 1 atom stereocenters. The van der Waals surface area contributed by atoms with Gasteiger partial charge in [-0.25, -0.2) is 9.37 Å². The molecule has 7 nitrogen and oxygen atoms in total. The number of aromatic nitrogens is 2. The number of carbonyl (C=O) groups is 1. The van der Waals surface area contributed by atoms with E-state index >= 15 is 0 Å². The molecule has 1 unspecified atom stereocenters. The molecule has 3 rings (SSSR count). The van der Waals surface area contributed by atoms with Gasteiger partial charge in [-0.2, -0.15) is 0 Å². The van der Waals surface area contributed by atoms with Crippen molar-refractivity contribution in [2.24, 2.45) is 0 Å². The summed E-state index contributed by atoms with van der Waals surface area (Å²) in [6, 6.07) is 4.54. The summed E-state index contributed by atoms with van der Waals surface area (Å²) in [6.45, 7) is 2.20. The maximum Gasteiger partial charge on any atom is 0.270 e. The zero-order chi connectivity index (χ0) is 18.7. The summed E-state index contributed by atoms with van der Waals surface area (Å²) in [6.07, 6.45) is 0.706. The average Bonchev–Trinajstić information content (AvgIpc) is 3.16. The van der Waals surface area contributed by atoms with E-state index < -0.39 is 18.1 Å². The predicted octanol–water partition coefficient (Wildman–Crippen LogP) is 1.14. The normalized spacial score (nSPS) is 16.7. The van der Waals surface area contributed by atoms with Gasteiger partial charge < -0.3 is 20.1 Å². The first kappa shape index (κ1) is 18.2. The number of amides is 1.